The Hall–Kier alpha value is -1.09. The first-order chi connectivity index (χ1) is 9.76. The Morgan fingerprint density at radius 3 is 2.50 bits per heavy atom. The zero-order valence-electron chi connectivity index (χ0n) is 10.7. The maximum Gasteiger partial charge on any atom is 0.0945 e. The highest BCUT2D eigenvalue weighted by Crippen LogP contribution is 2.28. The molecule has 1 heterocycles. The normalized spacial score (nSPS) is 12.7. The highest BCUT2D eigenvalue weighted by atomic mass is 35.5. The van der Waals surface area contributed by atoms with Gasteiger partial charge in [-0.1, -0.05) is 35.9 Å². The minimum atomic E-state index is 0.273. The molecular weight excluding hydrogens is 309 g/mol. The second-order valence-corrected chi connectivity index (χ2v) is 6.54. The summed E-state index contributed by atoms with van der Waals surface area (Å²) in [6.45, 7) is 0. The number of hydrogen-bond donors (Lipinski definition) is 0. The van der Waals surface area contributed by atoms with Gasteiger partial charge in [-0.3, -0.25) is 0 Å². The van der Waals surface area contributed by atoms with Crippen LogP contribution in [0, 0.1) is 0 Å². The van der Waals surface area contributed by atoms with Gasteiger partial charge in [-0.2, -0.15) is 0 Å². The molecule has 0 saturated carbocycles. The van der Waals surface area contributed by atoms with E-state index in [-0.39, 0.29) is 5.92 Å². The molecular formula is C16H13Cl2NS. The van der Waals surface area contributed by atoms with Crippen LogP contribution in [0.25, 0.3) is 10.2 Å². The number of para-hydroxylation sites is 1. The number of hydrogen-bond acceptors (Lipinski definition) is 2. The van der Waals surface area contributed by atoms with Crippen LogP contribution in [0.5, 0.6) is 0 Å². The molecule has 0 amide bonds. The van der Waals surface area contributed by atoms with Crippen molar-refractivity contribution in [3.05, 3.63) is 64.1 Å². The quantitative estimate of drug-likeness (QED) is 0.577. The predicted octanol–water partition coefficient (Wildman–Crippen LogP) is 5.51. The van der Waals surface area contributed by atoms with Gasteiger partial charge < -0.3 is 0 Å². The van der Waals surface area contributed by atoms with Gasteiger partial charge in [-0.05, 0) is 29.8 Å². The Morgan fingerprint density at radius 2 is 1.80 bits per heavy atom. The lowest BCUT2D eigenvalue weighted by molar-refractivity contribution is 0.763. The van der Waals surface area contributed by atoms with E-state index < -0.39 is 0 Å². The molecule has 0 spiro atoms. The van der Waals surface area contributed by atoms with Crippen LogP contribution in [0.2, 0.25) is 5.02 Å². The Kier molecular flexibility index (Phi) is 4.25. The lowest BCUT2D eigenvalue weighted by Gasteiger charge is -2.12. The highest BCUT2D eigenvalue weighted by molar-refractivity contribution is 7.18. The molecule has 1 unspecified atom stereocenters. The summed E-state index contributed by atoms with van der Waals surface area (Å²) in [6, 6.07) is 16.1. The van der Waals surface area contributed by atoms with Crippen LogP contribution in [0.15, 0.2) is 48.5 Å². The minimum absolute atomic E-state index is 0.273. The summed E-state index contributed by atoms with van der Waals surface area (Å²) in [5.41, 5.74) is 2.28. The van der Waals surface area contributed by atoms with Crippen LogP contribution in [0.1, 0.15) is 16.5 Å². The Bertz CT molecular complexity index is 673. The number of nitrogens with zero attached hydrogens (tertiary/aromatic N) is 1. The van der Waals surface area contributed by atoms with E-state index in [2.05, 4.69) is 11.1 Å². The molecule has 1 nitrogen and oxygen atoms in total. The lowest BCUT2D eigenvalue weighted by Crippen LogP contribution is -2.04. The Balaban J connectivity index is 1.85. The molecule has 4 heteroatoms. The summed E-state index contributed by atoms with van der Waals surface area (Å²) in [5, 5.41) is 1.88. The van der Waals surface area contributed by atoms with Gasteiger partial charge in [0.25, 0.3) is 0 Å². The molecule has 20 heavy (non-hydrogen) atoms. The maximum absolute atomic E-state index is 6.13. The third-order valence-corrected chi connectivity index (χ3v) is 4.97. The zero-order chi connectivity index (χ0) is 13.9. The fourth-order valence-corrected chi connectivity index (χ4v) is 3.67. The van der Waals surface area contributed by atoms with E-state index in [1.54, 1.807) is 11.3 Å². The molecule has 0 radical (unpaired) electrons. The molecule has 3 aromatic rings. The molecule has 3 rings (SSSR count). The van der Waals surface area contributed by atoms with Gasteiger partial charge in [-0.25, -0.2) is 4.98 Å². The number of aromatic nitrogens is 1. The average Bonchev–Trinajstić information content (AvgIpc) is 2.88. The average molecular weight is 322 g/mol. The molecule has 102 valence electrons. The maximum atomic E-state index is 6.13. The van der Waals surface area contributed by atoms with Crippen molar-refractivity contribution in [3.63, 3.8) is 0 Å². The molecule has 0 saturated heterocycles. The third-order valence-electron chi connectivity index (χ3n) is 3.29. The smallest absolute Gasteiger partial charge is 0.0945 e. The first-order valence-electron chi connectivity index (χ1n) is 6.42. The van der Waals surface area contributed by atoms with Crippen LogP contribution in [-0.4, -0.2) is 10.9 Å². The van der Waals surface area contributed by atoms with Crippen molar-refractivity contribution in [2.24, 2.45) is 0 Å². The van der Waals surface area contributed by atoms with Crippen molar-refractivity contribution in [2.45, 2.75) is 12.3 Å². The number of rotatable bonds is 4. The topological polar surface area (TPSA) is 12.9 Å². The van der Waals surface area contributed by atoms with Gasteiger partial charge >= 0.3 is 0 Å². The fraction of sp³-hybridized carbons (Fsp3) is 0.188. The van der Waals surface area contributed by atoms with E-state index in [0.29, 0.717) is 5.88 Å². The number of thiazole rings is 1. The van der Waals surface area contributed by atoms with E-state index in [1.807, 2.05) is 42.5 Å². The van der Waals surface area contributed by atoms with Crippen molar-refractivity contribution in [2.75, 3.05) is 5.88 Å². The Labute approximate surface area is 132 Å². The first kappa shape index (κ1) is 13.9. The molecule has 0 fully saturated rings. The second-order valence-electron chi connectivity index (χ2n) is 4.68. The van der Waals surface area contributed by atoms with Gasteiger partial charge in [0.05, 0.1) is 15.2 Å². The van der Waals surface area contributed by atoms with Crippen molar-refractivity contribution in [1.29, 1.82) is 0 Å². The van der Waals surface area contributed by atoms with E-state index in [0.717, 1.165) is 22.0 Å². The lowest BCUT2D eigenvalue weighted by atomic mass is 9.98. The predicted molar refractivity (Wildman–Crippen MR) is 88.2 cm³/mol. The van der Waals surface area contributed by atoms with Gasteiger partial charge in [0, 0.05) is 23.2 Å². The van der Waals surface area contributed by atoms with Gasteiger partial charge in [-0.15, -0.1) is 22.9 Å². The van der Waals surface area contributed by atoms with Gasteiger partial charge in [0.2, 0.25) is 0 Å². The fourth-order valence-electron chi connectivity index (χ4n) is 2.21. The molecule has 0 aliphatic carbocycles. The number of halogens is 2. The SMILES string of the molecule is ClCC(Cc1nc2ccccc2s1)c1ccc(Cl)cc1. The number of fused-ring (bicyclic) bond motifs is 1. The van der Waals surface area contributed by atoms with Crippen LogP contribution in [-0.2, 0) is 6.42 Å². The second kappa shape index (κ2) is 6.13. The Morgan fingerprint density at radius 1 is 1.05 bits per heavy atom. The van der Waals surface area contributed by atoms with Crippen molar-refractivity contribution in [1.82, 2.24) is 4.98 Å². The van der Waals surface area contributed by atoms with E-state index >= 15 is 0 Å². The van der Waals surface area contributed by atoms with E-state index in [4.69, 9.17) is 23.2 Å². The zero-order valence-corrected chi connectivity index (χ0v) is 13.1. The van der Waals surface area contributed by atoms with E-state index in [1.165, 1.54) is 10.3 Å². The minimum Gasteiger partial charge on any atom is -0.241 e. The van der Waals surface area contributed by atoms with Gasteiger partial charge in [0.1, 0.15) is 0 Å². The number of benzene rings is 2. The standard InChI is InChI=1S/C16H13Cl2NS/c17-10-12(11-5-7-13(18)8-6-11)9-16-19-14-3-1-2-4-15(14)20-16/h1-8,12H,9-10H2. The molecule has 0 aliphatic rings. The summed E-state index contributed by atoms with van der Waals surface area (Å²) >= 11 is 13.8. The monoisotopic (exact) mass is 321 g/mol. The van der Waals surface area contributed by atoms with Crippen LogP contribution in [0.3, 0.4) is 0 Å². The highest BCUT2D eigenvalue weighted by Gasteiger charge is 2.14. The molecule has 1 atom stereocenters. The van der Waals surface area contributed by atoms with Crippen LogP contribution in [0.4, 0.5) is 0 Å². The van der Waals surface area contributed by atoms with E-state index in [9.17, 15) is 0 Å². The molecule has 2 aromatic carbocycles. The van der Waals surface area contributed by atoms with Crippen molar-refractivity contribution in [3.8, 4) is 0 Å². The molecule has 0 bridgehead atoms. The van der Waals surface area contributed by atoms with Crippen LogP contribution < -0.4 is 0 Å². The summed E-state index contributed by atoms with van der Waals surface area (Å²) < 4.78 is 1.23. The van der Waals surface area contributed by atoms with Crippen molar-refractivity contribution < 1.29 is 0 Å². The summed E-state index contributed by atoms with van der Waals surface area (Å²) in [5.74, 6) is 0.854. The summed E-state index contributed by atoms with van der Waals surface area (Å²) in [7, 11) is 0. The van der Waals surface area contributed by atoms with Crippen LogP contribution >= 0.6 is 34.5 Å². The third kappa shape index (κ3) is 2.98. The molecule has 0 aliphatic heterocycles. The molecule has 1 aromatic heterocycles. The summed E-state index contributed by atoms with van der Waals surface area (Å²) in [4.78, 5) is 4.68. The summed E-state index contributed by atoms with van der Waals surface area (Å²) in [6.07, 6.45) is 0.866. The molecule has 0 N–H and O–H groups in total. The van der Waals surface area contributed by atoms with Gasteiger partial charge in [0.15, 0.2) is 0 Å². The largest absolute Gasteiger partial charge is 0.241 e. The first-order valence-corrected chi connectivity index (χ1v) is 8.15. The number of alkyl halides is 1. The van der Waals surface area contributed by atoms with Crippen molar-refractivity contribution >= 4 is 44.8 Å².